The molecule has 2 aliphatic rings. The van der Waals surface area contributed by atoms with E-state index in [-0.39, 0.29) is 36.4 Å². The monoisotopic (exact) mass is 375 g/mol. The van der Waals surface area contributed by atoms with Crippen LogP contribution < -0.4 is 14.8 Å². The fraction of sp³-hybridized carbons (Fsp3) is 0.619. The second-order valence-electron chi connectivity index (χ2n) is 7.63. The molecule has 0 unspecified atom stereocenters. The lowest BCUT2D eigenvalue weighted by Gasteiger charge is -2.25. The van der Waals surface area contributed by atoms with E-state index in [4.69, 9.17) is 14.2 Å². The van der Waals surface area contributed by atoms with Crippen molar-refractivity contribution >= 4 is 11.9 Å². The summed E-state index contributed by atoms with van der Waals surface area (Å²) >= 11 is 0. The molecule has 6 nitrogen and oxygen atoms in total. The molecule has 1 saturated carbocycles. The summed E-state index contributed by atoms with van der Waals surface area (Å²) in [6, 6.07) is 5.52. The molecule has 148 valence electrons. The van der Waals surface area contributed by atoms with Crippen molar-refractivity contribution in [2.45, 2.75) is 52.0 Å². The van der Waals surface area contributed by atoms with Crippen molar-refractivity contribution in [3.8, 4) is 11.5 Å². The first-order valence-corrected chi connectivity index (χ1v) is 9.90. The first kappa shape index (κ1) is 19.5. The van der Waals surface area contributed by atoms with Gasteiger partial charge in [-0.3, -0.25) is 9.59 Å². The summed E-state index contributed by atoms with van der Waals surface area (Å²) < 4.78 is 16.4. The maximum Gasteiger partial charge on any atom is 0.309 e. The second kappa shape index (κ2) is 9.11. The number of nitrogens with one attached hydrogen (secondary N) is 1. The molecule has 1 aliphatic carbocycles. The Labute approximate surface area is 160 Å². The first-order chi connectivity index (χ1) is 13.0. The molecular formula is C21H29NO5. The number of esters is 1. The minimum atomic E-state index is -0.284. The first-order valence-electron chi connectivity index (χ1n) is 9.90. The number of hydrogen-bond acceptors (Lipinski definition) is 5. The number of hydrogen-bond donors (Lipinski definition) is 1. The van der Waals surface area contributed by atoms with Gasteiger partial charge in [0.25, 0.3) is 5.91 Å². The molecule has 1 aromatic rings. The molecule has 27 heavy (non-hydrogen) atoms. The zero-order valence-electron chi connectivity index (χ0n) is 16.2. The van der Waals surface area contributed by atoms with Crippen molar-refractivity contribution in [1.29, 1.82) is 0 Å². The quantitative estimate of drug-likeness (QED) is 0.772. The molecule has 0 bridgehead atoms. The van der Waals surface area contributed by atoms with Crippen LogP contribution in [0.1, 0.15) is 57.6 Å². The van der Waals surface area contributed by atoms with Crippen LogP contribution in [0.5, 0.6) is 11.5 Å². The minimum Gasteiger partial charge on any atom is -0.486 e. The third kappa shape index (κ3) is 5.15. The minimum absolute atomic E-state index is 0.0507. The second-order valence-corrected chi connectivity index (χ2v) is 7.63. The van der Waals surface area contributed by atoms with Crippen molar-refractivity contribution in [3.05, 3.63) is 23.8 Å². The number of rotatable bonds is 6. The van der Waals surface area contributed by atoms with Gasteiger partial charge in [-0.15, -0.1) is 0 Å². The van der Waals surface area contributed by atoms with Crippen LogP contribution in [0.2, 0.25) is 0 Å². The summed E-state index contributed by atoms with van der Waals surface area (Å²) in [6.07, 6.45) is 5.03. The standard InChI is InChI=1S/C21H29NO5/c1-14(2)20(16-8-9-17-18(12-16)26-11-10-25-17)22-19(23)13-27-21(24)15-6-4-3-5-7-15/h8-9,12,14-15,20H,3-7,10-11,13H2,1-2H3,(H,22,23)/t20-/m1/s1. The predicted octanol–water partition coefficient (Wildman–Crippen LogP) is 3.39. The number of ether oxygens (including phenoxy) is 3. The van der Waals surface area contributed by atoms with Crippen molar-refractivity contribution < 1.29 is 23.8 Å². The van der Waals surface area contributed by atoms with Crippen LogP contribution in [0.25, 0.3) is 0 Å². The summed E-state index contributed by atoms with van der Waals surface area (Å²) in [6.45, 7) is 4.91. The Balaban J connectivity index is 1.57. The van der Waals surface area contributed by atoms with E-state index in [1.807, 2.05) is 32.0 Å². The lowest BCUT2D eigenvalue weighted by Crippen LogP contribution is -2.35. The Bertz CT molecular complexity index is 667. The molecular weight excluding hydrogens is 346 g/mol. The van der Waals surface area contributed by atoms with Crippen LogP contribution in [0.15, 0.2) is 18.2 Å². The average Bonchev–Trinajstić information content (AvgIpc) is 2.70. The molecule has 1 atom stereocenters. The van der Waals surface area contributed by atoms with Crippen molar-refractivity contribution in [2.24, 2.45) is 11.8 Å². The van der Waals surface area contributed by atoms with Gasteiger partial charge in [-0.05, 0) is 36.5 Å². The van der Waals surface area contributed by atoms with Crippen LogP contribution in [-0.4, -0.2) is 31.7 Å². The van der Waals surface area contributed by atoms with Gasteiger partial charge in [-0.25, -0.2) is 0 Å². The van der Waals surface area contributed by atoms with E-state index in [9.17, 15) is 9.59 Å². The summed E-state index contributed by atoms with van der Waals surface area (Å²) in [5.41, 5.74) is 0.946. The van der Waals surface area contributed by atoms with E-state index in [0.29, 0.717) is 19.0 Å². The summed E-state index contributed by atoms with van der Waals surface area (Å²) in [7, 11) is 0. The maximum atomic E-state index is 12.4. The van der Waals surface area contributed by atoms with Gasteiger partial charge in [0.1, 0.15) is 13.2 Å². The molecule has 1 aromatic carbocycles. The van der Waals surface area contributed by atoms with E-state index >= 15 is 0 Å². The van der Waals surface area contributed by atoms with Crippen molar-refractivity contribution in [2.75, 3.05) is 19.8 Å². The Morgan fingerprint density at radius 2 is 1.81 bits per heavy atom. The number of benzene rings is 1. The van der Waals surface area contributed by atoms with Gasteiger partial charge in [0.05, 0.1) is 12.0 Å². The maximum absolute atomic E-state index is 12.4. The van der Waals surface area contributed by atoms with E-state index in [0.717, 1.165) is 37.0 Å². The Morgan fingerprint density at radius 3 is 2.52 bits per heavy atom. The molecule has 0 saturated heterocycles. The van der Waals surface area contributed by atoms with Crippen LogP contribution in [0.3, 0.4) is 0 Å². The number of carbonyl (C=O) groups is 2. The van der Waals surface area contributed by atoms with Gasteiger partial charge in [0.15, 0.2) is 18.1 Å². The van der Waals surface area contributed by atoms with Gasteiger partial charge in [-0.2, -0.15) is 0 Å². The number of fused-ring (bicyclic) bond motifs is 1. The Kier molecular flexibility index (Phi) is 6.58. The molecule has 0 spiro atoms. The normalized spacial score (nSPS) is 18.0. The van der Waals surface area contributed by atoms with Crippen LogP contribution in [0, 0.1) is 11.8 Å². The topological polar surface area (TPSA) is 73.9 Å². The molecule has 6 heteroatoms. The smallest absolute Gasteiger partial charge is 0.309 e. The third-order valence-electron chi connectivity index (χ3n) is 5.19. The van der Waals surface area contributed by atoms with E-state index in [1.54, 1.807) is 0 Å². The highest BCUT2D eigenvalue weighted by molar-refractivity contribution is 5.81. The average molecular weight is 375 g/mol. The molecule has 1 aliphatic heterocycles. The molecule has 0 radical (unpaired) electrons. The fourth-order valence-corrected chi connectivity index (χ4v) is 3.70. The Hall–Kier alpha value is -2.24. The van der Waals surface area contributed by atoms with Gasteiger partial charge in [-0.1, -0.05) is 39.2 Å². The zero-order valence-corrected chi connectivity index (χ0v) is 16.2. The van der Waals surface area contributed by atoms with Crippen molar-refractivity contribution in [1.82, 2.24) is 5.32 Å². The fourth-order valence-electron chi connectivity index (χ4n) is 3.70. The lowest BCUT2D eigenvalue weighted by atomic mass is 9.89. The highest BCUT2D eigenvalue weighted by Crippen LogP contribution is 2.34. The van der Waals surface area contributed by atoms with E-state index < -0.39 is 0 Å². The number of carbonyl (C=O) groups excluding carboxylic acids is 2. The Morgan fingerprint density at radius 1 is 1.11 bits per heavy atom. The van der Waals surface area contributed by atoms with Crippen molar-refractivity contribution in [3.63, 3.8) is 0 Å². The van der Waals surface area contributed by atoms with Crippen LogP contribution in [0.4, 0.5) is 0 Å². The highest BCUT2D eigenvalue weighted by atomic mass is 16.6. The van der Waals surface area contributed by atoms with Crippen LogP contribution in [-0.2, 0) is 14.3 Å². The van der Waals surface area contributed by atoms with Gasteiger partial charge in [0, 0.05) is 0 Å². The zero-order chi connectivity index (χ0) is 19.2. The van der Waals surface area contributed by atoms with E-state index in [1.165, 1.54) is 6.42 Å². The molecule has 1 N–H and O–H groups in total. The van der Waals surface area contributed by atoms with E-state index in [2.05, 4.69) is 5.32 Å². The SMILES string of the molecule is CC(C)[C@@H](NC(=O)COC(=O)C1CCCCC1)c1ccc2c(c1)OCCO2. The molecule has 0 aromatic heterocycles. The molecule has 1 fully saturated rings. The van der Waals surface area contributed by atoms with Gasteiger partial charge in [0.2, 0.25) is 0 Å². The van der Waals surface area contributed by atoms with Crippen LogP contribution >= 0.6 is 0 Å². The summed E-state index contributed by atoms with van der Waals surface area (Å²) in [5.74, 6) is 1.01. The van der Waals surface area contributed by atoms with Gasteiger partial charge >= 0.3 is 5.97 Å². The van der Waals surface area contributed by atoms with Gasteiger partial charge < -0.3 is 19.5 Å². The lowest BCUT2D eigenvalue weighted by molar-refractivity contribution is -0.153. The summed E-state index contributed by atoms with van der Waals surface area (Å²) in [5, 5.41) is 2.99. The summed E-state index contributed by atoms with van der Waals surface area (Å²) in [4.78, 5) is 24.5. The largest absolute Gasteiger partial charge is 0.486 e. The molecule has 1 amide bonds. The molecule has 1 heterocycles. The third-order valence-corrected chi connectivity index (χ3v) is 5.19. The number of amides is 1. The molecule has 3 rings (SSSR count). The highest BCUT2D eigenvalue weighted by Gasteiger charge is 2.25. The predicted molar refractivity (Wildman–Crippen MR) is 101 cm³/mol.